The first kappa shape index (κ1) is 14.4. The van der Waals surface area contributed by atoms with E-state index in [0.29, 0.717) is 6.04 Å². The van der Waals surface area contributed by atoms with Crippen molar-refractivity contribution in [2.45, 2.75) is 51.5 Å². The van der Waals surface area contributed by atoms with E-state index in [2.05, 4.69) is 12.2 Å². The molecule has 1 aromatic carbocycles. The van der Waals surface area contributed by atoms with Crippen LogP contribution in [0, 0.1) is 5.92 Å². The van der Waals surface area contributed by atoms with Crippen LogP contribution in [-0.2, 0) is 0 Å². The summed E-state index contributed by atoms with van der Waals surface area (Å²) in [6.07, 6.45) is 7.96. The van der Waals surface area contributed by atoms with Crippen molar-refractivity contribution in [1.29, 1.82) is 0 Å². The summed E-state index contributed by atoms with van der Waals surface area (Å²) in [4.78, 5) is 0. The molecule has 0 amide bonds. The fraction of sp³-hybridized carbons (Fsp3) is 0.647. The largest absolute Gasteiger partial charge is 0.494 e. The van der Waals surface area contributed by atoms with Crippen LogP contribution >= 0.6 is 0 Å². The van der Waals surface area contributed by atoms with Gasteiger partial charge in [-0.15, -0.1) is 0 Å². The van der Waals surface area contributed by atoms with Gasteiger partial charge in [0, 0.05) is 6.04 Å². The van der Waals surface area contributed by atoms with Gasteiger partial charge in [0.1, 0.15) is 5.75 Å². The van der Waals surface area contributed by atoms with Gasteiger partial charge in [-0.05, 0) is 43.9 Å². The van der Waals surface area contributed by atoms with Crippen LogP contribution in [0.4, 0.5) is 0 Å². The maximum Gasteiger partial charge on any atom is 0.119 e. The molecule has 0 bridgehead atoms. The summed E-state index contributed by atoms with van der Waals surface area (Å²) in [5, 5.41) is 3.67. The first-order valence-corrected chi connectivity index (χ1v) is 7.79. The number of hydrogen-bond donors (Lipinski definition) is 1. The number of hydrogen-bond acceptors (Lipinski definition) is 2. The van der Waals surface area contributed by atoms with Crippen LogP contribution in [0.1, 0.15) is 45.4 Å². The van der Waals surface area contributed by atoms with Crippen LogP contribution in [-0.4, -0.2) is 19.2 Å². The lowest BCUT2D eigenvalue weighted by Crippen LogP contribution is -2.34. The van der Waals surface area contributed by atoms with Crippen molar-refractivity contribution >= 4 is 0 Å². The Labute approximate surface area is 117 Å². The number of rotatable bonds is 9. The van der Waals surface area contributed by atoms with Gasteiger partial charge in [0.25, 0.3) is 0 Å². The number of para-hydroxylation sites is 1. The minimum Gasteiger partial charge on any atom is -0.494 e. The minimum absolute atomic E-state index is 0.633. The molecule has 0 heterocycles. The summed E-state index contributed by atoms with van der Waals surface area (Å²) >= 11 is 0. The SMILES string of the molecule is CCCNC(CCOc1ccccc1)CC1CCC1. The lowest BCUT2D eigenvalue weighted by atomic mass is 9.80. The average molecular weight is 261 g/mol. The van der Waals surface area contributed by atoms with Crippen LogP contribution in [0.5, 0.6) is 5.75 Å². The molecule has 2 rings (SSSR count). The second-order valence-corrected chi connectivity index (χ2v) is 5.63. The van der Waals surface area contributed by atoms with E-state index in [1.54, 1.807) is 0 Å². The van der Waals surface area contributed by atoms with Gasteiger partial charge in [-0.2, -0.15) is 0 Å². The second-order valence-electron chi connectivity index (χ2n) is 5.63. The monoisotopic (exact) mass is 261 g/mol. The van der Waals surface area contributed by atoms with E-state index in [-0.39, 0.29) is 0 Å². The van der Waals surface area contributed by atoms with E-state index >= 15 is 0 Å². The van der Waals surface area contributed by atoms with Crippen molar-refractivity contribution in [2.75, 3.05) is 13.2 Å². The molecular formula is C17H27NO. The van der Waals surface area contributed by atoms with Gasteiger partial charge in [0.15, 0.2) is 0 Å². The molecule has 106 valence electrons. The summed E-state index contributed by atoms with van der Waals surface area (Å²) in [6, 6.07) is 10.8. The molecule has 1 N–H and O–H groups in total. The summed E-state index contributed by atoms with van der Waals surface area (Å²) < 4.78 is 5.81. The third-order valence-corrected chi connectivity index (χ3v) is 4.00. The highest BCUT2D eigenvalue weighted by atomic mass is 16.5. The van der Waals surface area contributed by atoms with Gasteiger partial charge in [-0.25, -0.2) is 0 Å². The smallest absolute Gasteiger partial charge is 0.119 e. The van der Waals surface area contributed by atoms with Gasteiger partial charge in [0.2, 0.25) is 0 Å². The summed E-state index contributed by atoms with van der Waals surface area (Å²) in [5.41, 5.74) is 0. The quantitative estimate of drug-likeness (QED) is 0.725. The van der Waals surface area contributed by atoms with E-state index < -0.39 is 0 Å². The lowest BCUT2D eigenvalue weighted by Gasteiger charge is -2.30. The Morgan fingerprint density at radius 1 is 1.26 bits per heavy atom. The van der Waals surface area contributed by atoms with E-state index in [1.165, 1.54) is 32.1 Å². The molecule has 1 fully saturated rings. The van der Waals surface area contributed by atoms with Crippen molar-refractivity contribution in [3.05, 3.63) is 30.3 Å². The molecule has 19 heavy (non-hydrogen) atoms. The zero-order valence-electron chi connectivity index (χ0n) is 12.1. The maximum atomic E-state index is 5.81. The molecule has 2 heteroatoms. The molecule has 0 spiro atoms. The fourth-order valence-electron chi connectivity index (χ4n) is 2.62. The second kappa shape index (κ2) is 8.21. The Morgan fingerprint density at radius 3 is 2.68 bits per heavy atom. The van der Waals surface area contributed by atoms with E-state index in [4.69, 9.17) is 4.74 Å². The van der Waals surface area contributed by atoms with E-state index in [1.807, 2.05) is 30.3 Å². The molecule has 1 saturated carbocycles. The van der Waals surface area contributed by atoms with Gasteiger partial charge in [-0.1, -0.05) is 44.4 Å². The van der Waals surface area contributed by atoms with Crippen LogP contribution in [0.2, 0.25) is 0 Å². The Morgan fingerprint density at radius 2 is 2.05 bits per heavy atom. The molecule has 1 aromatic rings. The average Bonchev–Trinajstić information content (AvgIpc) is 2.40. The standard InChI is InChI=1S/C17H27NO/c1-2-12-18-16(14-15-7-6-8-15)11-13-19-17-9-4-3-5-10-17/h3-5,9-10,15-16,18H,2,6-8,11-14H2,1H3. The van der Waals surface area contributed by atoms with Gasteiger partial charge < -0.3 is 10.1 Å². The van der Waals surface area contributed by atoms with Crippen molar-refractivity contribution in [1.82, 2.24) is 5.32 Å². The van der Waals surface area contributed by atoms with Crippen molar-refractivity contribution in [3.8, 4) is 5.75 Å². The number of benzene rings is 1. The molecule has 1 atom stereocenters. The molecule has 1 unspecified atom stereocenters. The Bertz CT molecular complexity index is 334. The molecule has 0 radical (unpaired) electrons. The normalized spacial score (nSPS) is 16.9. The molecule has 0 saturated heterocycles. The van der Waals surface area contributed by atoms with Crippen molar-refractivity contribution in [3.63, 3.8) is 0 Å². The molecule has 2 nitrogen and oxygen atoms in total. The Balaban J connectivity index is 1.68. The fourth-order valence-corrected chi connectivity index (χ4v) is 2.62. The molecule has 1 aliphatic carbocycles. The van der Waals surface area contributed by atoms with Crippen LogP contribution in [0.25, 0.3) is 0 Å². The molecule has 1 aliphatic rings. The highest BCUT2D eigenvalue weighted by Crippen LogP contribution is 2.31. The zero-order chi connectivity index (χ0) is 13.3. The van der Waals surface area contributed by atoms with Gasteiger partial charge >= 0.3 is 0 Å². The summed E-state index contributed by atoms with van der Waals surface area (Å²) in [5.74, 6) is 1.95. The molecular weight excluding hydrogens is 234 g/mol. The third kappa shape index (κ3) is 5.23. The number of nitrogens with one attached hydrogen (secondary N) is 1. The Kier molecular flexibility index (Phi) is 6.22. The van der Waals surface area contributed by atoms with Crippen molar-refractivity contribution < 1.29 is 4.74 Å². The predicted molar refractivity (Wildman–Crippen MR) is 80.6 cm³/mol. The molecule has 0 aliphatic heterocycles. The summed E-state index contributed by atoms with van der Waals surface area (Å²) in [7, 11) is 0. The van der Waals surface area contributed by atoms with Crippen LogP contribution in [0.15, 0.2) is 30.3 Å². The summed E-state index contributed by atoms with van der Waals surface area (Å²) in [6.45, 7) is 4.18. The van der Waals surface area contributed by atoms with E-state index in [9.17, 15) is 0 Å². The van der Waals surface area contributed by atoms with Gasteiger partial charge in [-0.3, -0.25) is 0 Å². The van der Waals surface area contributed by atoms with Crippen LogP contribution in [0.3, 0.4) is 0 Å². The predicted octanol–water partition coefficient (Wildman–Crippen LogP) is 4.01. The zero-order valence-corrected chi connectivity index (χ0v) is 12.1. The van der Waals surface area contributed by atoms with Gasteiger partial charge in [0.05, 0.1) is 6.61 Å². The first-order chi connectivity index (χ1) is 9.38. The highest BCUT2D eigenvalue weighted by Gasteiger charge is 2.21. The highest BCUT2D eigenvalue weighted by molar-refractivity contribution is 5.20. The Hall–Kier alpha value is -1.02. The molecule has 0 aromatic heterocycles. The van der Waals surface area contributed by atoms with Crippen LogP contribution < -0.4 is 10.1 Å². The van der Waals surface area contributed by atoms with Crippen molar-refractivity contribution in [2.24, 2.45) is 5.92 Å². The lowest BCUT2D eigenvalue weighted by molar-refractivity contribution is 0.227. The van der Waals surface area contributed by atoms with E-state index in [0.717, 1.165) is 31.2 Å². The third-order valence-electron chi connectivity index (χ3n) is 4.00. The minimum atomic E-state index is 0.633. The maximum absolute atomic E-state index is 5.81. The number of ether oxygens (including phenoxy) is 1. The topological polar surface area (TPSA) is 21.3 Å². The first-order valence-electron chi connectivity index (χ1n) is 7.79.